The van der Waals surface area contributed by atoms with E-state index in [2.05, 4.69) is 0 Å². The van der Waals surface area contributed by atoms with Gasteiger partial charge in [0.15, 0.2) is 0 Å². The first kappa shape index (κ1) is 46.6. The molecule has 18 heteroatoms. The summed E-state index contributed by atoms with van der Waals surface area (Å²) in [4.78, 5) is 182. The molecule has 81 heavy (non-hydrogen) atoms. The van der Waals surface area contributed by atoms with E-state index in [0.29, 0.717) is 81.6 Å². The molecular weight excluding hydrogens is 1030 g/mol. The standard InChI is InChI=1S/C63H44N6O12/c1-63-21-7-6-12-46(63)68-59(78)38-22-34-35(23-39(38)60(68)79)56(75)66(55(34)74)44-10-4-2-8-42(44)64-51(70)30-17-13-26-28-15-19-32-50-33(20-16-29(48(28)50)27-14-18-31(52(64)71)49(30)47(26)27)54(73)65(53(32)72)43-9-3-5-11-45(43)67-57(76)36-24-40-41(25-37(36)58(67)77)62(81)69(63)61(40)80/h13-20,22-25,42-46H,2-12,21H2,1H3/t42-,43-,44-,45?,46?,63+/m1/s1. The summed E-state index contributed by atoms with van der Waals surface area (Å²) in [5, 5.41) is 3.78. The number of rotatable bonds is 0. The fraction of sp³-hybridized carbons (Fsp3) is 0.302. The van der Waals surface area contributed by atoms with Crippen LogP contribution in [0.1, 0.15) is 144 Å². The zero-order valence-electron chi connectivity index (χ0n) is 43.4. The minimum Gasteiger partial charge on any atom is -0.269 e. The van der Waals surface area contributed by atoms with Gasteiger partial charge in [-0.2, -0.15) is 0 Å². The number of imide groups is 2. The first-order valence-electron chi connectivity index (χ1n) is 27.9. The Kier molecular flexibility index (Phi) is 8.81. The lowest BCUT2D eigenvalue weighted by Gasteiger charge is -2.41. The van der Waals surface area contributed by atoms with Crippen LogP contribution in [-0.2, 0) is 5.54 Å². The van der Waals surface area contributed by atoms with Crippen LogP contribution in [0.4, 0.5) is 0 Å². The molecule has 398 valence electrons. The van der Waals surface area contributed by atoms with Gasteiger partial charge in [-0.05, 0) is 126 Å². The third kappa shape index (κ3) is 5.39. The second-order valence-corrected chi connectivity index (χ2v) is 23.8. The predicted molar refractivity (Wildman–Crippen MR) is 302 cm³/mol. The Morgan fingerprint density at radius 2 is 0.617 bits per heavy atom. The molecule has 6 atom stereocenters. The van der Waals surface area contributed by atoms with Crippen LogP contribution in [0, 0.1) is 0 Å². The summed E-state index contributed by atoms with van der Waals surface area (Å²) in [6.45, 7) is 1.63. The molecule has 22 aliphatic rings. The molecular formula is C63H44N6O12. The minimum absolute atomic E-state index is 0.119. The lowest BCUT2D eigenvalue weighted by Crippen LogP contribution is -2.53. The summed E-state index contributed by atoms with van der Waals surface area (Å²) in [6.07, 6.45) is 4.80. The van der Waals surface area contributed by atoms with Crippen LogP contribution < -0.4 is 44.5 Å². The van der Waals surface area contributed by atoms with Crippen LogP contribution >= 0.6 is 0 Å². The molecule has 3 aliphatic carbocycles. The van der Waals surface area contributed by atoms with E-state index < -0.39 is 104 Å². The Morgan fingerprint density at radius 3 is 0.963 bits per heavy atom. The van der Waals surface area contributed by atoms with E-state index in [1.165, 1.54) is 34.1 Å². The van der Waals surface area contributed by atoms with Crippen molar-refractivity contribution >= 4 is 110 Å². The van der Waals surface area contributed by atoms with Crippen LogP contribution in [0.2, 0.25) is 0 Å². The Labute approximate surface area is 452 Å². The molecule has 0 radical (unpaired) electrons. The molecule has 3 fully saturated rings. The fourth-order valence-corrected chi connectivity index (χ4v) is 16.6. The highest BCUT2D eigenvalue weighted by Gasteiger charge is 2.48. The van der Waals surface area contributed by atoms with Crippen LogP contribution in [-0.4, -0.2) is 63.8 Å². The molecule has 11 aromatic rings. The van der Waals surface area contributed by atoms with Gasteiger partial charge >= 0.3 is 0 Å². The third-order valence-electron chi connectivity index (χ3n) is 20.2. The number of hydrogen-bond acceptors (Lipinski definition) is 12. The van der Waals surface area contributed by atoms with Gasteiger partial charge in [-0.1, -0.05) is 62.8 Å². The quantitative estimate of drug-likeness (QED) is 0.0889. The Hall–Kier alpha value is -9.32. The van der Waals surface area contributed by atoms with Crippen LogP contribution in [0.3, 0.4) is 0 Å². The molecule has 33 rings (SSSR count). The van der Waals surface area contributed by atoms with Crippen LogP contribution in [0.15, 0.2) is 111 Å². The third-order valence-corrected chi connectivity index (χ3v) is 20.2. The van der Waals surface area contributed by atoms with Crippen molar-refractivity contribution in [1.82, 2.24) is 28.1 Å². The van der Waals surface area contributed by atoms with E-state index >= 15 is 19.2 Å². The second kappa shape index (κ2) is 15.3. The predicted octanol–water partition coefficient (Wildman–Crippen LogP) is 6.59. The number of aromatic nitrogens is 4. The van der Waals surface area contributed by atoms with E-state index in [0.717, 1.165) is 18.3 Å². The molecule has 26 bridgehead atoms. The van der Waals surface area contributed by atoms with Crippen LogP contribution in [0.25, 0.3) is 86.2 Å². The molecule has 3 saturated carbocycles. The normalized spacial score (nSPS) is 23.9. The number of carbonyl (C=O) groups is 4. The largest absolute Gasteiger partial charge is 0.269 e. The van der Waals surface area contributed by atoms with Gasteiger partial charge < -0.3 is 0 Å². The van der Waals surface area contributed by atoms with Gasteiger partial charge in [-0.3, -0.25) is 85.6 Å². The molecule has 4 aromatic heterocycles. The molecule has 19 aliphatic heterocycles. The van der Waals surface area contributed by atoms with Crippen molar-refractivity contribution in [2.24, 2.45) is 0 Å². The summed E-state index contributed by atoms with van der Waals surface area (Å²) in [6, 6.07) is 14.0. The summed E-state index contributed by atoms with van der Waals surface area (Å²) < 4.78 is 4.19. The van der Waals surface area contributed by atoms with Gasteiger partial charge in [-0.15, -0.1) is 0 Å². The Bertz CT molecular complexity index is 5110. The minimum atomic E-state index is -1.50. The first-order valence-corrected chi connectivity index (χ1v) is 27.9. The van der Waals surface area contributed by atoms with Gasteiger partial charge in [0, 0.05) is 33.0 Å². The summed E-state index contributed by atoms with van der Waals surface area (Å²) in [5.41, 5.74) is -6.65. The maximum atomic E-state index is 15.2. The average molecular weight is 1080 g/mol. The van der Waals surface area contributed by atoms with Gasteiger partial charge in [0.25, 0.3) is 68.1 Å². The topological polar surface area (TPSA) is 231 Å². The molecule has 0 spiro atoms. The fourth-order valence-electron chi connectivity index (χ4n) is 16.6. The Balaban J connectivity index is 0.928. The summed E-state index contributed by atoms with van der Waals surface area (Å²) >= 11 is 0. The zero-order chi connectivity index (χ0) is 55.3. The van der Waals surface area contributed by atoms with Crippen LogP contribution in [0.5, 0.6) is 0 Å². The molecule has 7 aromatic carbocycles. The van der Waals surface area contributed by atoms with Gasteiger partial charge in [0.2, 0.25) is 0 Å². The number of nitrogens with zero attached hydrogens (tertiary/aromatic N) is 6. The summed E-state index contributed by atoms with van der Waals surface area (Å²) in [5.74, 6) is -2.40. The molecule has 4 amide bonds. The smallest absolute Gasteiger partial charge is 0.262 e. The zero-order valence-corrected chi connectivity index (χ0v) is 43.4. The highest BCUT2D eigenvalue weighted by Crippen LogP contribution is 2.49. The lowest BCUT2D eigenvalue weighted by molar-refractivity contribution is 0.0418. The van der Waals surface area contributed by atoms with Crippen molar-refractivity contribution in [2.45, 2.75) is 120 Å². The first-order chi connectivity index (χ1) is 39.1. The van der Waals surface area contributed by atoms with Gasteiger partial charge in [0.1, 0.15) is 0 Å². The number of carbonyl (C=O) groups excluding carboxylic acids is 4. The van der Waals surface area contributed by atoms with Gasteiger partial charge in [-0.25, -0.2) is 0 Å². The molecule has 0 N–H and O–H groups in total. The van der Waals surface area contributed by atoms with Gasteiger partial charge in [0.05, 0.1) is 78.8 Å². The number of amides is 4. The van der Waals surface area contributed by atoms with E-state index in [-0.39, 0.29) is 104 Å². The van der Waals surface area contributed by atoms with Crippen molar-refractivity contribution in [3.8, 4) is 0 Å². The monoisotopic (exact) mass is 1080 g/mol. The van der Waals surface area contributed by atoms with Crippen molar-refractivity contribution < 1.29 is 19.2 Å². The number of benzene rings is 7. The lowest BCUT2D eigenvalue weighted by atomic mass is 9.78. The average Bonchev–Trinajstić information content (AvgIpc) is 4.21. The number of hydrogen-bond donors (Lipinski definition) is 0. The van der Waals surface area contributed by atoms with Crippen molar-refractivity contribution in [3.63, 3.8) is 0 Å². The molecule has 0 saturated heterocycles. The van der Waals surface area contributed by atoms with E-state index in [1.54, 1.807) is 55.5 Å². The highest BCUT2D eigenvalue weighted by atomic mass is 16.2. The highest BCUT2D eigenvalue weighted by molar-refractivity contribution is 6.41. The van der Waals surface area contributed by atoms with Crippen molar-refractivity contribution in [1.29, 1.82) is 0 Å². The van der Waals surface area contributed by atoms with E-state index in [9.17, 15) is 38.4 Å². The van der Waals surface area contributed by atoms with Crippen molar-refractivity contribution in [3.05, 3.63) is 178 Å². The maximum Gasteiger partial charge on any atom is 0.262 e. The molecule has 2 unspecified atom stereocenters. The van der Waals surface area contributed by atoms with E-state index in [4.69, 9.17) is 0 Å². The SMILES string of the molecule is C[C@]12CCCCC1n1c(=O)c3cc4c(=O)n(c(=O)c4cc3c1=O)[C@@H]1CCCC[C@H]1N1C(=O)c3ccc4c5ccc6c7c(ccc(c8ccc(c3c48)C1=O)c75)C(=O)N(C6=O)[C@@H]1CCCCC1n1c(=O)c3cc4c(=O)n2c(=O)c4cc3c1=O. The van der Waals surface area contributed by atoms with E-state index in [1.807, 2.05) is 0 Å². The summed E-state index contributed by atoms with van der Waals surface area (Å²) in [7, 11) is 0. The molecule has 18 nitrogen and oxygen atoms in total. The molecule has 23 heterocycles. The maximum absolute atomic E-state index is 15.2. The van der Waals surface area contributed by atoms with Crippen molar-refractivity contribution in [2.75, 3.05) is 0 Å². The Morgan fingerprint density at radius 1 is 0.321 bits per heavy atom. The second-order valence-electron chi connectivity index (χ2n) is 23.8.